The molecule has 0 bridgehead atoms. The fourth-order valence-corrected chi connectivity index (χ4v) is 2.58. The van der Waals surface area contributed by atoms with Crippen LogP contribution in [0.4, 0.5) is 10.1 Å². The van der Waals surface area contributed by atoms with Crippen molar-refractivity contribution in [1.29, 1.82) is 0 Å². The second-order valence-corrected chi connectivity index (χ2v) is 5.85. The van der Waals surface area contributed by atoms with Gasteiger partial charge in [0.15, 0.2) is 0 Å². The molecular formula is C21H19BrFNO4. The first-order chi connectivity index (χ1) is 13.4. The van der Waals surface area contributed by atoms with E-state index >= 15 is 0 Å². The topological polar surface area (TPSA) is 69.4 Å². The van der Waals surface area contributed by atoms with Gasteiger partial charge in [-0.15, -0.1) is 0 Å². The first kappa shape index (κ1) is 23.0. The van der Waals surface area contributed by atoms with Crippen LogP contribution in [0.1, 0.15) is 35.3 Å². The SMILES string of the molecule is C=CC=C.CC.O=C1O/C(=C\c2ccc(F)c(Br)c2)c2c1cccc2[N+](=O)[O-]. The van der Waals surface area contributed by atoms with Crippen LogP contribution < -0.4 is 0 Å². The molecule has 2 aromatic carbocycles. The third-order valence-electron chi connectivity index (χ3n) is 3.32. The number of nitro groups is 1. The highest BCUT2D eigenvalue weighted by molar-refractivity contribution is 9.10. The van der Waals surface area contributed by atoms with Crippen LogP contribution in [-0.2, 0) is 4.74 Å². The smallest absolute Gasteiger partial charge is 0.344 e. The van der Waals surface area contributed by atoms with E-state index in [2.05, 4.69) is 29.1 Å². The molecule has 2 aromatic rings. The maximum Gasteiger partial charge on any atom is 0.344 e. The number of fused-ring (bicyclic) bond motifs is 1. The van der Waals surface area contributed by atoms with Crippen LogP contribution in [0.3, 0.4) is 0 Å². The molecule has 1 aliphatic heterocycles. The molecule has 146 valence electrons. The van der Waals surface area contributed by atoms with Gasteiger partial charge in [-0.25, -0.2) is 9.18 Å². The van der Waals surface area contributed by atoms with Crippen molar-refractivity contribution in [3.05, 3.63) is 98.8 Å². The monoisotopic (exact) mass is 447 g/mol. The van der Waals surface area contributed by atoms with Crippen molar-refractivity contribution in [2.24, 2.45) is 0 Å². The number of nitro benzene ring substituents is 1. The summed E-state index contributed by atoms with van der Waals surface area (Å²) in [5, 5.41) is 11.1. The number of esters is 1. The minimum absolute atomic E-state index is 0.0748. The van der Waals surface area contributed by atoms with Gasteiger partial charge in [-0.2, -0.15) is 0 Å². The van der Waals surface area contributed by atoms with Crippen molar-refractivity contribution in [1.82, 2.24) is 0 Å². The molecule has 0 spiro atoms. The van der Waals surface area contributed by atoms with Gasteiger partial charge in [-0.3, -0.25) is 10.1 Å². The number of benzene rings is 2. The summed E-state index contributed by atoms with van der Waals surface area (Å²) in [6.45, 7) is 10.7. The normalized spacial score (nSPS) is 12.6. The number of cyclic esters (lactones) is 1. The average Bonchev–Trinajstić information content (AvgIpc) is 3.02. The Bertz CT molecular complexity index is 932. The lowest BCUT2D eigenvalue weighted by atomic mass is 10.0. The van der Waals surface area contributed by atoms with Gasteiger partial charge in [0.25, 0.3) is 5.69 Å². The summed E-state index contributed by atoms with van der Waals surface area (Å²) in [6, 6.07) is 8.40. The van der Waals surface area contributed by atoms with Crippen LogP contribution in [0.15, 0.2) is 66.2 Å². The first-order valence-electron chi connectivity index (χ1n) is 8.29. The largest absolute Gasteiger partial charge is 0.422 e. The summed E-state index contributed by atoms with van der Waals surface area (Å²) in [7, 11) is 0. The Morgan fingerprint density at radius 2 is 1.82 bits per heavy atom. The van der Waals surface area contributed by atoms with Gasteiger partial charge in [0, 0.05) is 6.07 Å². The van der Waals surface area contributed by atoms with Crippen molar-refractivity contribution in [2.45, 2.75) is 13.8 Å². The van der Waals surface area contributed by atoms with Crippen LogP contribution in [0.25, 0.3) is 11.8 Å². The zero-order valence-electron chi connectivity index (χ0n) is 15.4. The summed E-state index contributed by atoms with van der Waals surface area (Å²) >= 11 is 3.06. The van der Waals surface area contributed by atoms with Crippen LogP contribution >= 0.6 is 15.9 Å². The highest BCUT2D eigenvalue weighted by atomic mass is 79.9. The van der Waals surface area contributed by atoms with Crippen molar-refractivity contribution in [2.75, 3.05) is 0 Å². The van der Waals surface area contributed by atoms with Gasteiger partial charge < -0.3 is 4.74 Å². The highest BCUT2D eigenvalue weighted by Gasteiger charge is 2.33. The van der Waals surface area contributed by atoms with Gasteiger partial charge in [0.05, 0.1) is 15.0 Å². The fourth-order valence-electron chi connectivity index (χ4n) is 2.18. The fraction of sp³-hybridized carbons (Fsp3) is 0.0952. The van der Waals surface area contributed by atoms with Gasteiger partial charge in [0.2, 0.25) is 0 Å². The third kappa shape index (κ3) is 5.47. The number of hydrogen-bond donors (Lipinski definition) is 0. The number of nitrogens with zero attached hydrogens (tertiary/aromatic N) is 1. The Morgan fingerprint density at radius 1 is 1.18 bits per heavy atom. The maximum atomic E-state index is 13.2. The third-order valence-corrected chi connectivity index (χ3v) is 3.92. The second kappa shape index (κ2) is 10.9. The molecule has 7 heteroatoms. The lowest BCUT2D eigenvalue weighted by Crippen LogP contribution is -1.95. The number of hydrogen-bond acceptors (Lipinski definition) is 4. The second-order valence-electron chi connectivity index (χ2n) is 5.00. The van der Waals surface area contributed by atoms with E-state index in [0.717, 1.165) is 0 Å². The van der Waals surface area contributed by atoms with E-state index in [1.807, 2.05) is 13.8 Å². The number of halogens is 2. The molecule has 0 amide bonds. The lowest BCUT2D eigenvalue weighted by molar-refractivity contribution is -0.385. The number of ether oxygens (including phenoxy) is 1. The molecule has 3 rings (SSSR count). The molecule has 28 heavy (non-hydrogen) atoms. The molecule has 0 aromatic heterocycles. The molecule has 0 N–H and O–H groups in total. The molecule has 0 unspecified atom stereocenters. The highest BCUT2D eigenvalue weighted by Crippen LogP contribution is 2.37. The van der Waals surface area contributed by atoms with Gasteiger partial charge in [-0.05, 0) is 45.8 Å². The van der Waals surface area contributed by atoms with E-state index in [-0.39, 0.29) is 27.0 Å². The standard InChI is InChI=1S/C15H7BrFNO4.C4H6.C2H6/c16-10-6-8(4-5-11(10)17)7-13-14-9(15(19)22-13)2-1-3-12(14)18(20)21;1-3-4-2;1-2/h1-7H;3-4H,1-2H2;1-2H3/b13-7-;;. The molecule has 0 aliphatic carbocycles. The van der Waals surface area contributed by atoms with Crippen molar-refractivity contribution in [3.63, 3.8) is 0 Å². The van der Waals surface area contributed by atoms with E-state index in [9.17, 15) is 19.3 Å². The van der Waals surface area contributed by atoms with Crippen LogP contribution in [0.2, 0.25) is 0 Å². The van der Waals surface area contributed by atoms with E-state index in [0.29, 0.717) is 5.56 Å². The molecule has 0 fully saturated rings. The molecule has 0 saturated heterocycles. The predicted molar refractivity (Wildman–Crippen MR) is 112 cm³/mol. The summed E-state index contributed by atoms with van der Waals surface area (Å²) in [5.41, 5.74) is 0.609. The summed E-state index contributed by atoms with van der Waals surface area (Å²) < 4.78 is 18.6. The van der Waals surface area contributed by atoms with Crippen molar-refractivity contribution in [3.8, 4) is 0 Å². The quantitative estimate of drug-likeness (QED) is 0.231. The summed E-state index contributed by atoms with van der Waals surface area (Å²) in [6.07, 6.45) is 4.74. The summed E-state index contributed by atoms with van der Waals surface area (Å²) in [5.74, 6) is -1.01. The molecule has 0 radical (unpaired) electrons. The van der Waals surface area contributed by atoms with Gasteiger partial charge in [-0.1, -0.05) is 51.3 Å². The summed E-state index contributed by atoms with van der Waals surface area (Å²) in [4.78, 5) is 22.4. The van der Waals surface area contributed by atoms with Crippen molar-refractivity contribution < 1.29 is 18.8 Å². The minimum Gasteiger partial charge on any atom is -0.422 e. The number of carbonyl (C=O) groups excluding carboxylic acids is 1. The zero-order chi connectivity index (χ0) is 21.3. The average molecular weight is 448 g/mol. The Balaban J connectivity index is 0.000000583. The number of carbonyl (C=O) groups is 1. The van der Waals surface area contributed by atoms with Gasteiger partial charge in [0.1, 0.15) is 17.1 Å². The molecular weight excluding hydrogens is 429 g/mol. The van der Waals surface area contributed by atoms with Crippen LogP contribution in [-0.4, -0.2) is 10.9 Å². The molecule has 0 saturated carbocycles. The Morgan fingerprint density at radius 3 is 2.36 bits per heavy atom. The van der Waals surface area contributed by atoms with Crippen molar-refractivity contribution >= 4 is 39.4 Å². The first-order valence-corrected chi connectivity index (χ1v) is 9.08. The Labute approximate surface area is 171 Å². The lowest BCUT2D eigenvalue weighted by Gasteiger charge is -2.01. The molecule has 1 heterocycles. The van der Waals surface area contributed by atoms with E-state index < -0.39 is 16.7 Å². The van der Waals surface area contributed by atoms with E-state index in [1.165, 1.54) is 42.5 Å². The molecule has 1 aliphatic rings. The maximum absolute atomic E-state index is 13.2. The predicted octanol–water partition coefficient (Wildman–Crippen LogP) is 6.55. The molecule has 5 nitrogen and oxygen atoms in total. The van der Waals surface area contributed by atoms with E-state index in [4.69, 9.17) is 4.74 Å². The van der Waals surface area contributed by atoms with Crippen LogP contribution in [0.5, 0.6) is 0 Å². The van der Waals surface area contributed by atoms with Gasteiger partial charge >= 0.3 is 5.97 Å². The minimum atomic E-state index is -0.647. The van der Waals surface area contributed by atoms with Crippen LogP contribution in [0, 0.1) is 15.9 Å². The number of allylic oxidation sites excluding steroid dienone is 2. The number of rotatable bonds is 3. The van der Waals surface area contributed by atoms with E-state index in [1.54, 1.807) is 12.2 Å². The Kier molecular flexibility index (Phi) is 8.98. The Hall–Kier alpha value is -3.06. The zero-order valence-corrected chi connectivity index (χ0v) is 17.0. The molecule has 0 atom stereocenters.